The highest BCUT2D eigenvalue weighted by Gasteiger charge is 2.30. The molecule has 2 aromatic heterocycles. The van der Waals surface area contributed by atoms with Crippen molar-refractivity contribution < 1.29 is 40.3 Å². The Morgan fingerprint density at radius 2 is 1.67 bits per heavy atom. The van der Waals surface area contributed by atoms with E-state index in [0.29, 0.717) is 34.8 Å². The van der Waals surface area contributed by atoms with Crippen LogP contribution in [0.1, 0.15) is 75.5 Å². The molecule has 4 rings (SSSR count). The number of carbonyl (C=O) groups excluding carboxylic acids is 2. The summed E-state index contributed by atoms with van der Waals surface area (Å²) in [6.45, 7) is -0.208. The molecule has 0 aromatic carbocycles. The van der Waals surface area contributed by atoms with Gasteiger partial charge >= 0.3 is 6.18 Å². The van der Waals surface area contributed by atoms with Crippen LogP contribution in [0.3, 0.4) is 0 Å². The highest BCUT2D eigenvalue weighted by molar-refractivity contribution is 5.93. The number of hydrogen-bond acceptors (Lipinski definition) is 7. The second kappa shape index (κ2) is 16.3. The Hall–Kier alpha value is -3.63. The normalized spacial score (nSPS) is 16.2. The number of nitrogens with zero attached hydrogens (tertiary/aromatic N) is 4. The van der Waals surface area contributed by atoms with Gasteiger partial charge in [-0.25, -0.2) is 32.9 Å². The number of carbonyl (C=O) groups is 2. The van der Waals surface area contributed by atoms with Gasteiger partial charge in [0.25, 0.3) is 12.3 Å². The predicted octanol–water partition coefficient (Wildman–Crippen LogP) is 4.30. The van der Waals surface area contributed by atoms with Crippen molar-refractivity contribution in [2.24, 2.45) is 11.6 Å². The molecule has 0 atom stereocenters. The van der Waals surface area contributed by atoms with Gasteiger partial charge in [0.05, 0.1) is 31.1 Å². The summed E-state index contributed by atoms with van der Waals surface area (Å²) in [4.78, 5) is 27.7. The number of hydrazine groups is 1. The fraction of sp³-hybridized carbons (Fsp3) is 0.615. The molecule has 2 aliphatic carbocycles. The van der Waals surface area contributed by atoms with Gasteiger partial charge in [0, 0.05) is 32.9 Å². The lowest BCUT2D eigenvalue weighted by atomic mass is 9.97. The Labute approximate surface area is 244 Å². The highest BCUT2D eigenvalue weighted by Crippen LogP contribution is 2.32. The summed E-state index contributed by atoms with van der Waals surface area (Å²) in [6.07, 6.45) is 0.639. The van der Waals surface area contributed by atoms with Crippen LogP contribution < -0.4 is 22.2 Å². The predicted molar refractivity (Wildman–Crippen MR) is 143 cm³/mol. The van der Waals surface area contributed by atoms with Crippen molar-refractivity contribution in [2.75, 3.05) is 7.05 Å². The number of fused-ring (bicyclic) bond motifs is 1. The van der Waals surface area contributed by atoms with Gasteiger partial charge in [-0.3, -0.25) is 9.59 Å². The molecule has 17 heteroatoms. The van der Waals surface area contributed by atoms with Crippen molar-refractivity contribution in [2.45, 2.75) is 95.8 Å². The Kier molecular flexibility index (Phi) is 13.5. The van der Waals surface area contributed by atoms with E-state index >= 15 is 0 Å². The molecular formula is C26H37F7N8O2. The summed E-state index contributed by atoms with van der Waals surface area (Å²) >= 11 is 0. The highest BCUT2D eigenvalue weighted by atomic mass is 19.4. The molecule has 43 heavy (non-hydrogen) atoms. The van der Waals surface area contributed by atoms with Crippen molar-refractivity contribution >= 4 is 17.5 Å². The van der Waals surface area contributed by atoms with Gasteiger partial charge in [0.15, 0.2) is 5.65 Å². The lowest BCUT2D eigenvalue weighted by Crippen LogP contribution is -2.37. The van der Waals surface area contributed by atoms with E-state index in [1.165, 1.54) is 42.2 Å². The zero-order chi connectivity index (χ0) is 32.2. The number of nitrogens with two attached hydrogens (primary N) is 2. The number of aromatic nitrogens is 3. The smallest absolute Gasteiger partial charge is 0.389 e. The van der Waals surface area contributed by atoms with Crippen molar-refractivity contribution in [3.05, 3.63) is 41.1 Å². The lowest BCUT2D eigenvalue weighted by Gasteiger charge is -2.20. The molecule has 0 spiro atoms. The summed E-state index contributed by atoms with van der Waals surface area (Å²) in [5.74, 6) is 1.22. The molecule has 242 valence electrons. The van der Waals surface area contributed by atoms with Gasteiger partial charge in [0.1, 0.15) is 11.4 Å². The van der Waals surface area contributed by atoms with E-state index in [1.54, 1.807) is 0 Å². The van der Waals surface area contributed by atoms with E-state index in [4.69, 9.17) is 11.6 Å². The summed E-state index contributed by atoms with van der Waals surface area (Å²) in [7, 11) is 1.12. The minimum atomic E-state index is -4.42. The van der Waals surface area contributed by atoms with E-state index < -0.39 is 54.6 Å². The van der Waals surface area contributed by atoms with Crippen molar-refractivity contribution in [1.29, 1.82) is 0 Å². The molecule has 2 saturated carbocycles. The SMILES string of the molecule is C1CC1.CN(N)/C(=C(\N)C(=O)NCc1cn2ncc(CNC(=O)CCC(F)(F)F)cc2n1)C(F)F.FC1(F)CCCCC1. The summed E-state index contributed by atoms with van der Waals surface area (Å²) in [5, 5.41) is 9.31. The lowest BCUT2D eigenvalue weighted by molar-refractivity contribution is -0.144. The Bertz CT molecular complexity index is 1210. The zero-order valence-electron chi connectivity index (χ0n) is 23.7. The molecule has 0 unspecified atom stereocenters. The third kappa shape index (κ3) is 13.9. The van der Waals surface area contributed by atoms with Crippen LogP contribution in [-0.4, -0.2) is 57.0 Å². The van der Waals surface area contributed by atoms with Crippen LogP contribution >= 0.6 is 0 Å². The summed E-state index contributed by atoms with van der Waals surface area (Å²) < 4.78 is 88.1. The third-order valence-corrected chi connectivity index (χ3v) is 6.03. The molecule has 2 heterocycles. The van der Waals surface area contributed by atoms with Gasteiger partial charge in [-0.2, -0.15) is 18.3 Å². The van der Waals surface area contributed by atoms with Crippen LogP contribution in [0.2, 0.25) is 0 Å². The van der Waals surface area contributed by atoms with Crippen LogP contribution in [0.25, 0.3) is 5.65 Å². The number of allylic oxidation sites excluding steroid dienone is 1. The molecule has 2 aromatic rings. The van der Waals surface area contributed by atoms with Crippen molar-refractivity contribution in [3.63, 3.8) is 0 Å². The van der Waals surface area contributed by atoms with Gasteiger partial charge < -0.3 is 21.4 Å². The van der Waals surface area contributed by atoms with Crippen LogP contribution in [0.15, 0.2) is 29.9 Å². The van der Waals surface area contributed by atoms with Crippen LogP contribution in [0.5, 0.6) is 0 Å². The molecule has 0 radical (unpaired) electrons. The largest absolute Gasteiger partial charge is 0.393 e. The van der Waals surface area contributed by atoms with Gasteiger partial charge in [-0.05, 0) is 24.5 Å². The number of imidazole rings is 1. The molecule has 2 amide bonds. The number of nitrogens with one attached hydrogen (secondary N) is 2. The fourth-order valence-corrected chi connectivity index (χ4v) is 3.60. The number of halogens is 7. The first-order chi connectivity index (χ1) is 20.1. The monoisotopic (exact) mass is 626 g/mol. The van der Waals surface area contributed by atoms with E-state index in [2.05, 4.69) is 20.7 Å². The molecule has 0 aliphatic heterocycles. The van der Waals surface area contributed by atoms with Crippen LogP contribution in [0, 0.1) is 0 Å². The molecule has 0 saturated heterocycles. The van der Waals surface area contributed by atoms with Gasteiger partial charge in [0.2, 0.25) is 11.8 Å². The topological polar surface area (TPSA) is 144 Å². The van der Waals surface area contributed by atoms with E-state index in [1.807, 2.05) is 0 Å². The standard InChI is InChI=1S/C17H21F5N8O2.C6H10F2.C3H6/c1-29(24)14(15(18)19)13(23)16(32)26-7-10-8-30-11(28-10)4-9(6-27-30)5-25-12(31)2-3-17(20,21)22;7-6(8)4-2-1-3-5-6;1-2-3-1/h4,6,8,15H,2-3,5,7,23-24H2,1H3,(H,25,31)(H,26,32);1-5H2;1-3H2/b14-13-;;. The molecule has 10 nitrogen and oxygen atoms in total. The Morgan fingerprint density at radius 1 is 1.07 bits per heavy atom. The molecule has 2 fully saturated rings. The summed E-state index contributed by atoms with van der Waals surface area (Å²) in [6, 6.07) is 1.54. The Balaban J connectivity index is 0.000000485. The minimum absolute atomic E-state index is 0.0521. The van der Waals surface area contributed by atoms with Crippen molar-refractivity contribution in [3.8, 4) is 0 Å². The van der Waals surface area contributed by atoms with Gasteiger partial charge in [-0.15, -0.1) is 0 Å². The average molecular weight is 627 g/mol. The first kappa shape index (κ1) is 35.6. The number of hydrogen-bond donors (Lipinski definition) is 4. The second-order valence-electron chi connectivity index (χ2n) is 10.2. The Morgan fingerprint density at radius 3 is 2.16 bits per heavy atom. The maximum atomic E-state index is 13.0. The summed E-state index contributed by atoms with van der Waals surface area (Å²) in [5.41, 5.74) is 5.02. The van der Waals surface area contributed by atoms with E-state index in [0.717, 1.165) is 13.5 Å². The fourth-order valence-electron chi connectivity index (χ4n) is 3.60. The molecular weight excluding hydrogens is 589 g/mol. The average Bonchev–Trinajstić information content (AvgIpc) is 3.74. The minimum Gasteiger partial charge on any atom is -0.393 e. The quantitative estimate of drug-likeness (QED) is 0.141. The van der Waals surface area contributed by atoms with E-state index in [9.17, 15) is 40.3 Å². The molecule has 2 aliphatic rings. The first-order valence-corrected chi connectivity index (χ1v) is 13.7. The van der Waals surface area contributed by atoms with Crippen molar-refractivity contribution in [1.82, 2.24) is 30.2 Å². The first-order valence-electron chi connectivity index (χ1n) is 13.7. The number of rotatable bonds is 9. The third-order valence-electron chi connectivity index (χ3n) is 6.03. The number of amides is 2. The van der Waals surface area contributed by atoms with Crippen LogP contribution in [-0.2, 0) is 22.7 Å². The second-order valence-corrected chi connectivity index (χ2v) is 10.2. The zero-order valence-corrected chi connectivity index (χ0v) is 23.7. The van der Waals surface area contributed by atoms with E-state index in [-0.39, 0.29) is 25.9 Å². The molecule has 6 N–H and O–H groups in total. The van der Waals surface area contributed by atoms with Gasteiger partial charge in [-0.1, -0.05) is 25.7 Å². The number of alkyl halides is 7. The maximum Gasteiger partial charge on any atom is 0.389 e. The maximum absolute atomic E-state index is 13.0. The van der Waals surface area contributed by atoms with Crippen LogP contribution in [0.4, 0.5) is 30.7 Å². The molecule has 0 bridgehead atoms.